The van der Waals surface area contributed by atoms with Gasteiger partial charge in [-0.3, -0.25) is 24.6 Å². The van der Waals surface area contributed by atoms with Gasteiger partial charge in [0.1, 0.15) is 18.4 Å². The number of ether oxygens (including phenoxy) is 2. The predicted octanol–water partition coefficient (Wildman–Crippen LogP) is 1.86. The fraction of sp³-hybridized carbons (Fsp3) is 0.400. The van der Waals surface area contributed by atoms with Crippen LogP contribution in [0.1, 0.15) is 41.3 Å². The molecule has 2 fully saturated rings. The van der Waals surface area contributed by atoms with Crippen LogP contribution in [0, 0.1) is 0 Å². The first-order valence-electron chi connectivity index (χ1n) is 11.8. The highest BCUT2D eigenvalue weighted by molar-refractivity contribution is 6.05. The van der Waals surface area contributed by atoms with E-state index in [0.717, 1.165) is 23.2 Å². The van der Waals surface area contributed by atoms with Gasteiger partial charge in [0.2, 0.25) is 11.8 Å². The van der Waals surface area contributed by atoms with Crippen LogP contribution in [-0.4, -0.2) is 59.8 Å². The van der Waals surface area contributed by atoms with Crippen molar-refractivity contribution in [1.29, 1.82) is 0 Å². The van der Waals surface area contributed by atoms with Crippen molar-refractivity contribution in [2.75, 3.05) is 26.3 Å². The standard InChI is InChI=1S/C25H27N3O5/c29-23-9-8-21(24(30)26-23)28-15-20-19(25(28)31)2-1-3-22(20)33-16-18-6-4-17(5-7-18)14-27-10-12-32-13-11-27/h1-7,21H,8-16H2,(H,26,29,30)/i10D. The zero-order valence-electron chi connectivity index (χ0n) is 19.3. The zero-order chi connectivity index (χ0) is 23.7. The van der Waals surface area contributed by atoms with Crippen LogP contribution in [0.5, 0.6) is 5.75 Å². The van der Waals surface area contributed by atoms with Crippen LogP contribution in [0.4, 0.5) is 0 Å². The van der Waals surface area contributed by atoms with E-state index in [1.165, 1.54) is 4.90 Å². The lowest BCUT2D eigenvalue weighted by atomic mass is 10.0. The van der Waals surface area contributed by atoms with Gasteiger partial charge in [-0.1, -0.05) is 30.3 Å². The van der Waals surface area contributed by atoms with Crippen LogP contribution < -0.4 is 10.1 Å². The molecule has 0 radical (unpaired) electrons. The van der Waals surface area contributed by atoms with Gasteiger partial charge in [0, 0.05) is 38.5 Å². The molecule has 2 atom stereocenters. The van der Waals surface area contributed by atoms with Gasteiger partial charge in [-0.2, -0.15) is 0 Å². The Morgan fingerprint density at radius 1 is 1.09 bits per heavy atom. The maximum Gasteiger partial charge on any atom is 0.255 e. The summed E-state index contributed by atoms with van der Waals surface area (Å²) in [4.78, 5) is 40.3. The SMILES string of the molecule is [2H]C1COCCN1Cc1ccc(COc2cccc3c2CN(C2CCC(=O)NC2=O)C3=O)cc1. The van der Waals surface area contributed by atoms with E-state index in [9.17, 15) is 14.4 Å². The molecule has 0 aromatic heterocycles. The summed E-state index contributed by atoms with van der Waals surface area (Å²) in [6, 6.07) is 12.8. The van der Waals surface area contributed by atoms with E-state index in [1.807, 2.05) is 30.3 Å². The summed E-state index contributed by atoms with van der Waals surface area (Å²) in [6.07, 6.45) is 0.558. The number of nitrogens with zero attached hydrogens (tertiary/aromatic N) is 2. The number of carbonyl (C=O) groups is 3. The molecule has 172 valence electrons. The number of fused-ring (bicyclic) bond motifs is 1. The molecule has 2 aromatic carbocycles. The first-order valence-corrected chi connectivity index (χ1v) is 11.2. The minimum Gasteiger partial charge on any atom is -0.489 e. The van der Waals surface area contributed by atoms with Crippen LogP contribution in [0.15, 0.2) is 42.5 Å². The van der Waals surface area contributed by atoms with Gasteiger partial charge < -0.3 is 14.4 Å². The molecule has 3 heterocycles. The summed E-state index contributed by atoms with van der Waals surface area (Å²) in [7, 11) is 0. The summed E-state index contributed by atoms with van der Waals surface area (Å²) < 4.78 is 19.5. The third-order valence-corrected chi connectivity index (χ3v) is 6.32. The fourth-order valence-corrected chi connectivity index (χ4v) is 4.49. The lowest BCUT2D eigenvalue weighted by Crippen LogP contribution is -2.52. The van der Waals surface area contributed by atoms with Gasteiger partial charge >= 0.3 is 0 Å². The van der Waals surface area contributed by atoms with Gasteiger partial charge in [-0.25, -0.2) is 0 Å². The average Bonchev–Trinajstić information content (AvgIpc) is 3.17. The first-order chi connectivity index (χ1) is 16.5. The zero-order valence-corrected chi connectivity index (χ0v) is 18.3. The maximum atomic E-state index is 13.0. The molecule has 0 spiro atoms. The maximum absolute atomic E-state index is 13.0. The monoisotopic (exact) mass is 450 g/mol. The molecule has 0 bridgehead atoms. The third-order valence-electron chi connectivity index (χ3n) is 6.32. The Bertz CT molecular complexity index is 1110. The van der Waals surface area contributed by atoms with E-state index in [-0.39, 0.29) is 31.3 Å². The number of nitrogens with one attached hydrogen (secondary N) is 1. The molecule has 3 amide bonds. The molecular formula is C25H27N3O5. The van der Waals surface area contributed by atoms with Crippen LogP contribution in [0.2, 0.25) is 0 Å². The van der Waals surface area contributed by atoms with Gasteiger partial charge in [0.15, 0.2) is 0 Å². The van der Waals surface area contributed by atoms with Crippen molar-refractivity contribution in [3.63, 3.8) is 0 Å². The number of morpholine rings is 1. The molecule has 0 aliphatic carbocycles. The number of carbonyl (C=O) groups excluding carboxylic acids is 3. The number of piperidine rings is 1. The smallest absolute Gasteiger partial charge is 0.255 e. The van der Waals surface area contributed by atoms with E-state index in [4.69, 9.17) is 10.8 Å². The van der Waals surface area contributed by atoms with Gasteiger partial charge in [0.05, 0.1) is 19.8 Å². The molecule has 5 rings (SSSR count). The first kappa shape index (κ1) is 20.4. The molecule has 8 nitrogen and oxygen atoms in total. The molecule has 2 unspecified atom stereocenters. The number of hydrogen-bond acceptors (Lipinski definition) is 6. The number of imide groups is 1. The second-order valence-corrected chi connectivity index (χ2v) is 8.52. The topological polar surface area (TPSA) is 88.2 Å². The Morgan fingerprint density at radius 3 is 2.70 bits per heavy atom. The van der Waals surface area contributed by atoms with Crippen molar-refractivity contribution in [2.45, 2.75) is 38.6 Å². The number of benzene rings is 2. The minimum absolute atomic E-state index is 0.213. The highest BCUT2D eigenvalue weighted by Crippen LogP contribution is 2.34. The Morgan fingerprint density at radius 2 is 1.91 bits per heavy atom. The minimum atomic E-state index is -0.646. The number of hydrogen-bond donors (Lipinski definition) is 1. The van der Waals surface area contributed by atoms with E-state index < -0.39 is 11.9 Å². The van der Waals surface area contributed by atoms with Crippen LogP contribution >= 0.6 is 0 Å². The van der Waals surface area contributed by atoms with Crippen molar-refractivity contribution in [1.82, 2.24) is 15.1 Å². The van der Waals surface area contributed by atoms with Crippen molar-refractivity contribution in [3.8, 4) is 5.75 Å². The lowest BCUT2D eigenvalue weighted by Gasteiger charge is -2.29. The lowest BCUT2D eigenvalue weighted by molar-refractivity contribution is -0.136. The molecular weight excluding hydrogens is 422 g/mol. The third kappa shape index (κ3) is 4.62. The van der Waals surface area contributed by atoms with Crippen LogP contribution in [-0.2, 0) is 34.0 Å². The van der Waals surface area contributed by atoms with Crippen molar-refractivity contribution < 1.29 is 25.2 Å². The highest BCUT2D eigenvalue weighted by Gasteiger charge is 2.40. The summed E-state index contributed by atoms with van der Waals surface area (Å²) in [5.74, 6) is -0.316. The molecule has 0 saturated carbocycles. The van der Waals surface area contributed by atoms with Crippen LogP contribution in [0.25, 0.3) is 0 Å². The second kappa shape index (κ2) is 9.33. The van der Waals surface area contributed by atoms with Crippen molar-refractivity contribution in [2.24, 2.45) is 0 Å². The van der Waals surface area contributed by atoms with Gasteiger partial charge in [0.25, 0.3) is 5.91 Å². The van der Waals surface area contributed by atoms with Crippen molar-refractivity contribution >= 4 is 17.7 Å². The Kier molecular flexibility index (Phi) is 5.76. The average molecular weight is 451 g/mol. The highest BCUT2D eigenvalue weighted by atomic mass is 16.5. The predicted molar refractivity (Wildman–Crippen MR) is 119 cm³/mol. The Balaban J connectivity index is 1.23. The summed E-state index contributed by atoms with van der Waals surface area (Å²) in [6.45, 7) is 2.86. The molecule has 2 saturated heterocycles. The second-order valence-electron chi connectivity index (χ2n) is 8.52. The molecule has 2 aromatic rings. The normalized spacial score (nSPS) is 23.8. The van der Waals surface area contributed by atoms with E-state index in [2.05, 4.69) is 10.2 Å². The number of rotatable bonds is 6. The molecule has 1 N–H and O–H groups in total. The summed E-state index contributed by atoms with van der Waals surface area (Å²) >= 11 is 0. The van der Waals surface area contributed by atoms with Crippen molar-refractivity contribution in [3.05, 3.63) is 64.7 Å². The van der Waals surface area contributed by atoms with Gasteiger partial charge in [-0.05, 0) is 29.7 Å². The van der Waals surface area contributed by atoms with Gasteiger partial charge in [-0.15, -0.1) is 0 Å². The molecule has 33 heavy (non-hydrogen) atoms. The largest absolute Gasteiger partial charge is 0.489 e. The Labute approximate surface area is 193 Å². The number of amides is 3. The fourth-order valence-electron chi connectivity index (χ4n) is 4.49. The Hall–Kier alpha value is -3.23. The van der Waals surface area contributed by atoms with E-state index in [1.54, 1.807) is 12.1 Å². The van der Waals surface area contributed by atoms with E-state index >= 15 is 0 Å². The molecule has 3 aliphatic rings. The quantitative estimate of drug-likeness (QED) is 0.676. The van der Waals surface area contributed by atoms with Crippen LogP contribution in [0.3, 0.4) is 0 Å². The summed E-state index contributed by atoms with van der Waals surface area (Å²) in [5, 5.41) is 2.32. The van der Waals surface area contributed by atoms with E-state index in [0.29, 0.717) is 44.1 Å². The molecule has 8 heteroatoms. The summed E-state index contributed by atoms with van der Waals surface area (Å²) in [5.41, 5.74) is 3.43. The molecule has 3 aliphatic heterocycles.